The van der Waals surface area contributed by atoms with Gasteiger partial charge in [-0.25, -0.2) is 0 Å². The van der Waals surface area contributed by atoms with Crippen LogP contribution in [0.3, 0.4) is 0 Å². The minimum Gasteiger partial charge on any atom is -0.497 e. The fraction of sp³-hybridized carbons (Fsp3) is 0.278. The third-order valence-corrected chi connectivity index (χ3v) is 4.80. The van der Waals surface area contributed by atoms with Gasteiger partial charge in [-0.15, -0.1) is 3.89 Å². The first-order chi connectivity index (χ1) is 12.4. The zero-order chi connectivity index (χ0) is 18.7. The van der Waals surface area contributed by atoms with Crippen LogP contribution in [0.1, 0.15) is 23.2 Å². The molecule has 1 aliphatic carbocycles. The lowest BCUT2D eigenvalue weighted by Gasteiger charge is -2.13. The number of benzene rings is 2. The van der Waals surface area contributed by atoms with E-state index in [0.717, 1.165) is 25.0 Å². The highest BCUT2D eigenvalue weighted by molar-refractivity contribution is 7.86. The highest BCUT2D eigenvalue weighted by Gasteiger charge is 2.23. The zero-order valence-corrected chi connectivity index (χ0v) is 14.9. The van der Waals surface area contributed by atoms with Gasteiger partial charge in [-0.1, -0.05) is 6.07 Å². The lowest BCUT2D eigenvalue weighted by atomic mass is 10.1. The molecule has 1 fully saturated rings. The Kier molecular flexibility index (Phi) is 5.13. The highest BCUT2D eigenvalue weighted by atomic mass is 32.3. The molecule has 8 heteroatoms. The van der Waals surface area contributed by atoms with Crippen molar-refractivity contribution in [2.45, 2.75) is 17.7 Å². The van der Waals surface area contributed by atoms with Gasteiger partial charge in [0.25, 0.3) is 5.91 Å². The smallest absolute Gasteiger partial charge is 0.332 e. The molecule has 1 N–H and O–H groups in total. The van der Waals surface area contributed by atoms with Gasteiger partial charge in [-0.05, 0) is 49.1 Å². The summed E-state index contributed by atoms with van der Waals surface area (Å²) in [4.78, 5) is 12.1. The summed E-state index contributed by atoms with van der Waals surface area (Å²) in [7, 11) is -3.33. The summed E-state index contributed by atoms with van der Waals surface area (Å²) in [5.74, 6) is 0.941. The normalized spacial score (nSPS) is 13.9. The molecule has 1 amide bonds. The molecule has 138 valence electrons. The quantitative estimate of drug-likeness (QED) is 0.746. The molecule has 3 rings (SSSR count). The number of halogens is 1. The zero-order valence-electron chi connectivity index (χ0n) is 14.1. The number of nitrogens with one attached hydrogen (secondary N) is 1. The van der Waals surface area contributed by atoms with Gasteiger partial charge in [-0.3, -0.25) is 4.79 Å². The van der Waals surface area contributed by atoms with Gasteiger partial charge >= 0.3 is 10.2 Å². The second-order valence-electron chi connectivity index (χ2n) is 6.04. The molecule has 2 aromatic carbocycles. The van der Waals surface area contributed by atoms with Gasteiger partial charge in [0.2, 0.25) is 0 Å². The Balaban J connectivity index is 1.82. The number of ether oxygens (including phenoxy) is 2. The Labute approximate surface area is 151 Å². The molecule has 0 atom stereocenters. The molecule has 0 radical (unpaired) electrons. The third kappa shape index (κ3) is 4.51. The summed E-state index contributed by atoms with van der Waals surface area (Å²) in [6.07, 6.45) is 2.21. The maximum atomic E-state index is 13.1. The van der Waals surface area contributed by atoms with E-state index >= 15 is 0 Å². The summed E-state index contributed by atoms with van der Waals surface area (Å²) >= 11 is 0. The molecule has 2 aromatic rings. The number of carbonyl (C=O) groups excluding carboxylic acids is 1. The lowest BCUT2D eigenvalue weighted by Crippen LogP contribution is -2.14. The largest absolute Gasteiger partial charge is 0.497 e. The first-order valence-corrected chi connectivity index (χ1v) is 9.42. The van der Waals surface area contributed by atoms with Gasteiger partial charge in [0, 0.05) is 11.8 Å². The van der Waals surface area contributed by atoms with Crippen LogP contribution in [0.4, 0.5) is 9.57 Å². The molecule has 0 bridgehead atoms. The van der Waals surface area contributed by atoms with Crippen molar-refractivity contribution in [2.24, 2.45) is 5.92 Å². The van der Waals surface area contributed by atoms with Gasteiger partial charge in [0.05, 0.1) is 19.3 Å². The van der Waals surface area contributed by atoms with Crippen molar-refractivity contribution >= 4 is 21.8 Å². The Morgan fingerprint density at radius 3 is 2.65 bits per heavy atom. The van der Waals surface area contributed by atoms with Crippen molar-refractivity contribution in [2.75, 3.05) is 19.0 Å². The maximum Gasteiger partial charge on any atom is 0.332 e. The van der Waals surface area contributed by atoms with E-state index in [9.17, 15) is 17.1 Å². The average Bonchev–Trinajstić information content (AvgIpc) is 3.43. The van der Waals surface area contributed by atoms with Gasteiger partial charge in [0.15, 0.2) is 0 Å². The standard InChI is InChI=1S/C18H18FNO5S/c1-24-14-7-8-16(17(10-14)25-11-12-5-6-12)18(21)20-13-3-2-4-15(9-13)26(19,22)23/h2-4,7-10,12H,5-6,11H2,1H3,(H,20,21). The van der Waals surface area contributed by atoms with Crippen LogP contribution in [0.25, 0.3) is 0 Å². The van der Waals surface area contributed by atoms with Crippen molar-refractivity contribution in [1.29, 1.82) is 0 Å². The van der Waals surface area contributed by atoms with Crippen LogP contribution >= 0.6 is 0 Å². The predicted octanol–water partition coefficient (Wildman–Crippen LogP) is 3.39. The van der Waals surface area contributed by atoms with E-state index in [0.29, 0.717) is 24.0 Å². The highest BCUT2D eigenvalue weighted by Crippen LogP contribution is 2.32. The maximum absolute atomic E-state index is 13.1. The summed E-state index contributed by atoms with van der Waals surface area (Å²) < 4.78 is 46.0. The Morgan fingerprint density at radius 1 is 1.23 bits per heavy atom. The van der Waals surface area contributed by atoms with Crippen molar-refractivity contribution in [1.82, 2.24) is 0 Å². The second kappa shape index (κ2) is 7.33. The fourth-order valence-electron chi connectivity index (χ4n) is 2.35. The number of carbonyl (C=O) groups is 1. The Morgan fingerprint density at radius 2 is 2.00 bits per heavy atom. The second-order valence-corrected chi connectivity index (χ2v) is 7.38. The fourth-order valence-corrected chi connectivity index (χ4v) is 2.86. The van der Waals surface area contributed by atoms with E-state index in [1.165, 1.54) is 19.2 Å². The molecule has 0 saturated heterocycles. The number of anilines is 1. The van der Waals surface area contributed by atoms with E-state index in [2.05, 4.69) is 5.32 Å². The molecule has 1 saturated carbocycles. The lowest BCUT2D eigenvalue weighted by molar-refractivity contribution is 0.102. The van der Waals surface area contributed by atoms with Crippen molar-refractivity contribution in [3.63, 3.8) is 0 Å². The van der Waals surface area contributed by atoms with E-state index in [1.54, 1.807) is 18.2 Å². The van der Waals surface area contributed by atoms with Crippen LogP contribution in [0, 0.1) is 5.92 Å². The summed E-state index contributed by atoms with van der Waals surface area (Å²) in [6.45, 7) is 0.517. The molecular formula is C18H18FNO5S. The molecule has 6 nitrogen and oxygen atoms in total. The van der Waals surface area contributed by atoms with Crippen LogP contribution < -0.4 is 14.8 Å². The minimum absolute atomic E-state index is 0.165. The van der Waals surface area contributed by atoms with Crippen LogP contribution in [-0.4, -0.2) is 28.0 Å². The number of rotatable bonds is 7. The first-order valence-electron chi connectivity index (χ1n) is 8.04. The molecule has 26 heavy (non-hydrogen) atoms. The summed E-state index contributed by atoms with van der Waals surface area (Å²) in [5.41, 5.74) is 0.442. The molecule has 0 unspecified atom stereocenters. The van der Waals surface area contributed by atoms with E-state index in [-0.39, 0.29) is 11.3 Å². The van der Waals surface area contributed by atoms with Gasteiger partial charge < -0.3 is 14.8 Å². The number of hydrogen-bond acceptors (Lipinski definition) is 5. The van der Waals surface area contributed by atoms with Crippen LogP contribution in [0.2, 0.25) is 0 Å². The van der Waals surface area contributed by atoms with Crippen molar-refractivity contribution in [3.8, 4) is 11.5 Å². The van der Waals surface area contributed by atoms with Crippen molar-refractivity contribution in [3.05, 3.63) is 48.0 Å². The minimum atomic E-state index is -4.85. The molecule has 0 heterocycles. The molecule has 0 aliphatic heterocycles. The number of methoxy groups -OCH3 is 1. The topological polar surface area (TPSA) is 81.7 Å². The van der Waals surface area contributed by atoms with Gasteiger partial charge in [0.1, 0.15) is 16.4 Å². The van der Waals surface area contributed by atoms with E-state index < -0.39 is 21.0 Å². The molecule has 0 spiro atoms. The van der Waals surface area contributed by atoms with Crippen molar-refractivity contribution < 1.29 is 26.6 Å². The average molecular weight is 379 g/mol. The van der Waals surface area contributed by atoms with E-state index in [4.69, 9.17) is 9.47 Å². The molecular weight excluding hydrogens is 361 g/mol. The molecule has 1 aliphatic rings. The molecule has 0 aromatic heterocycles. The monoisotopic (exact) mass is 379 g/mol. The third-order valence-electron chi connectivity index (χ3n) is 3.98. The number of hydrogen-bond donors (Lipinski definition) is 1. The predicted molar refractivity (Wildman–Crippen MR) is 93.9 cm³/mol. The van der Waals surface area contributed by atoms with Crippen LogP contribution in [0.5, 0.6) is 11.5 Å². The number of amides is 1. The van der Waals surface area contributed by atoms with Crippen LogP contribution in [0.15, 0.2) is 47.4 Å². The SMILES string of the molecule is COc1ccc(C(=O)Nc2cccc(S(=O)(=O)F)c2)c(OCC2CC2)c1. The first kappa shape index (κ1) is 18.2. The summed E-state index contributed by atoms with van der Waals surface area (Å²) in [5, 5.41) is 2.56. The van der Waals surface area contributed by atoms with E-state index in [1.807, 2.05) is 0 Å². The Hall–Kier alpha value is -2.61. The summed E-state index contributed by atoms with van der Waals surface area (Å²) in [6, 6.07) is 9.80. The Bertz CT molecular complexity index is 925. The van der Waals surface area contributed by atoms with Gasteiger partial charge in [-0.2, -0.15) is 8.42 Å². The van der Waals surface area contributed by atoms with Crippen LogP contribution in [-0.2, 0) is 10.2 Å².